The molecule has 0 unspecified atom stereocenters. The van der Waals surface area contributed by atoms with Gasteiger partial charge in [0.05, 0.1) is 11.1 Å². The molecule has 3 fully saturated rings. The second kappa shape index (κ2) is 12.6. The minimum Gasteiger partial charge on any atom is -0.462 e. The predicted molar refractivity (Wildman–Crippen MR) is 171 cm³/mol. The van der Waals surface area contributed by atoms with E-state index >= 15 is 0 Å². The largest absolute Gasteiger partial charge is 0.462 e. The van der Waals surface area contributed by atoms with Crippen LogP contribution in [0, 0.1) is 0 Å². The molecule has 0 radical (unpaired) electrons. The van der Waals surface area contributed by atoms with Crippen molar-refractivity contribution in [3.05, 3.63) is 35.9 Å². The van der Waals surface area contributed by atoms with Crippen LogP contribution in [0.1, 0.15) is 30.1 Å². The average Bonchev–Trinajstić information content (AvgIpc) is 3.65. The van der Waals surface area contributed by atoms with E-state index < -0.39 is 10.0 Å². The molecule has 2 aromatic heterocycles. The van der Waals surface area contributed by atoms with Crippen molar-refractivity contribution in [2.45, 2.75) is 25.8 Å². The Hall–Kier alpha value is -2.84. The summed E-state index contributed by atoms with van der Waals surface area (Å²) in [5.74, 6) is 0.951. The van der Waals surface area contributed by atoms with Crippen LogP contribution in [0.3, 0.4) is 0 Å². The van der Waals surface area contributed by atoms with Crippen LogP contribution in [0.5, 0.6) is 6.01 Å². The van der Waals surface area contributed by atoms with Gasteiger partial charge < -0.3 is 24.3 Å². The van der Waals surface area contributed by atoms with E-state index in [9.17, 15) is 13.2 Å². The molecule has 13 heteroatoms. The zero-order valence-electron chi connectivity index (χ0n) is 25.2. The third-order valence-electron chi connectivity index (χ3n) is 8.93. The minimum atomic E-state index is -3.23. The number of amides is 1. The molecule has 0 bridgehead atoms. The number of piperazine rings is 2. The summed E-state index contributed by atoms with van der Waals surface area (Å²) in [5.41, 5.74) is 1.71. The smallest absolute Gasteiger partial charge is 0.319 e. The lowest BCUT2D eigenvalue weighted by Crippen LogP contribution is -2.49. The molecule has 1 aromatic carbocycles. The zero-order valence-corrected chi connectivity index (χ0v) is 26.9. The number of thiophene rings is 1. The van der Waals surface area contributed by atoms with Gasteiger partial charge in [0.15, 0.2) is 0 Å². The van der Waals surface area contributed by atoms with E-state index in [4.69, 9.17) is 14.7 Å². The van der Waals surface area contributed by atoms with Crippen LogP contribution in [0.15, 0.2) is 30.3 Å². The molecule has 3 aliphatic heterocycles. The second-order valence-electron chi connectivity index (χ2n) is 11.7. The molecule has 5 heterocycles. The van der Waals surface area contributed by atoms with Crippen LogP contribution in [0.4, 0.5) is 5.82 Å². The molecule has 0 aliphatic carbocycles. The summed E-state index contributed by atoms with van der Waals surface area (Å²) in [5, 5.41) is 0.926. The zero-order chi connectivity index (χ0) is 30.1. The Kier molecular flexibility index (Phi) is 8.88. The van der Waals surface area contributed by atoms with Crippen molar-refractivity contribution in [1.29, 1.82) is 0 Å². The van der Waals surface area contributed by atoms with Gasteiger partial charge in [-0.1, -0.05) is 12.1 Å². The third-order valence-corrected chi connectivity index (χ3v) is 11.9. The number of rotatable bonds is 8. The molecule has 3 saturated heterocycles. The van der Waals surface area contributed by atoms with Crippen molar-refractivity contribution in [3.8, 4) is 16.5 Å². The Morgan fingerprint density at radius 2 is 1.70 bits per heavy atom. The lowest BCUT2D eigenvalue weighted by atomic mass is 10.1. The number of aromatic nitrogens is 2. The molecular formula is C30H41N7O4S2. The molecule has 0 spiro atoms. The first-order valence-corrected chi connectivity index (χ1v) is 17.6. The summed E-state index contributed by atoms with van der Waals surface area (Å²) in [7, 11) is 0.967. The van der Waals surface area contributed by atoms with Crippen LogP contribution in [-0.4, -0.2) is 135 Å². The molecule has 0 saturated carbocycles. The van der Waals surface area contributed by atoms with Gasteiger partial charge in [-0.25, -0.2) is 8.42 Å². The molecule has 3 aliphatic rings. The fourth-order valence-electron chi connectivity index (χ4n) is 6.03. The summed E-state index contributed by atoms with van der Waals surface area (Å²) < 4.78 is 32.7. The molecule has 232 valence electrons. The summed E-state index contributed by atoms with van der Waals surface area (Å²) in [4.78, 5) is 33.2. The Morgan fingerprint density at radius 3 is 2.35 bits per heavy atom. The molecule has 0 N–H and O–H groups in total. The highest BCUT2D eigenvalue weighted by Gasteiger charge is 2.29. The van der Waals surface area contributed by atoms with Gasteiger partial charge in [-0.2, -0.15) is 14.3 Å². The highest BCUT2D eigenvalue weighted by atomic mass is 32.2. The van der Waals surface area contributed by atoms with E-state index in [2.05, 4.69) is 34.9 Å². The number of hydrogen-bond acceptors (Lipinski definition) is 10. The monoisotopic (exact) mass is 627 g/mol. The van der Waals surface area contributed by atoms with E-state index in [0.717, 1.165) is 72.0 Å². The fraction of sp³-hybridized carbons (Fsp3) is 0.567. The summed E-state index contributed by atoms with van der Waals surface area (Å²) in [6.07, 6.45) is 2.25. The first kappa shape index (κ1) is 30.2. The van der Waals surface area contributed by atoms with Crippen molar-refractivity contribution in [3.63, 3.8) is 0 Å². The number of likely N-dealkylation sites (tertiary alicyclic amines) is 1. The quantitative estimate of drug-likeness (QED) is 0.373. The van der Waals surface area contributed by atoms with E-state index in [1.54, 1.807) is 22.6 Å². The highest BCUT2D eigenvalue weighted by Crippen LogP contribution is 2.38. The number of likely N-dealkylation sites (N-methyl/N-ethyl adjacent to an activating group) is 2. The van der Waals surface area contributed by atoms with Crippen molar-refractivity contribution in [2.24, 2.45) is 0 Å². The van der Waals surface area contributed by atoms with E-state index in [-0.39, 0.29) is 11.7 Å². The number of anilines is 1. The summed E-state index contributed by atoms with van der Waals surface area (Å²) in [6, 6.07) is 10.6. The van der Waals surface area contributed by atoms with Gasteiger partial charge in [0.25, 0.3) is 5.91 Å². The van der Waals surface area contributed by atoms with Crippen molar-refractivity contribution < 1.29 is 17.9 Å². The van der Waals surface area contributed by atoms with Crippen LogP contribution in [0.2, 0.25) is 0 Å². The maximum atomic E-state index is 13.1. The molecule has 1 amide bonds. The topological polar surface area (TPSA) is 102 Å². The Morgan fingerprint density at radius 1 is 0.977 bits per heavy atom. The van der Waals surface area contributed by atoms with E-state index in [1.165, 1.54) is 0 Å². The molecule has 1 atom stereocenters. The predicted octanol–water partition coefficient (Wildman–Crippen LogP) is 2.69. The molecular weight excluding hydrogens is 587 g/mol. The first-order valence-electron chi connectivity index (χ1n) is 15.2. The Bertz CT molecular complexity index is 1550. The number of carbonyl (C=O) groups is 1. The summed E-state index contributed by atoms with van der Waals surface area (Å²) in [6.45, 7) is 8.49. The normalized spacial score (nSPS) is 21.1. The Labute approximate surface area is 258 Å². The van der Waals surface area contributed by atoms with Gasteiger partial charge in [-0.3, -0.25) is 4.79 Å². The lowest BCUT2D eigenvalue weighted by Gasteiger charge is -2.34. The average molecular weight is 628 g/mol. The van der Waals surface area contributed by atoms with Crippen LogP contribution >= 0.6 is 11.3 Å². The fourth-order valence-corrected chi connectivity index (χ4v) is 8.13. The van der Waals surface area contributed by atoms with Crippen LogP contribution < -0.4 is 9.64 Å². The van der Waals surface area contributed by atoms with Gasteiger partial charge in [0, 0.05) is 68.8 Å². The molecule has 11 nitrogen and oxygen atoms in total. The van der Waals surface area contributed by atoms with Crippen molar-refractivity contribution in [2.75, 3.05) is 90.3 Å². The van der Waals surface area contributed by atoms with Crippen LogP contribution in [-0.2, 0) is 10.0 Å². The van der Waals surface area contributed by atoms with E-state index in [1.807, 2.05) is 29.2 Å². The van der Waals surface area contributed by atoms with Crippen LogP contribution in [0.25, 0.3) is 20.7 Å². The SMILES string of the molecule is CCS(=O)(=O)N1CCN(c2nc(OC[C@H]3CCCN3C)nc3sc(-c4ccc(C(=O)N5CCN(C)CC5)cc4)cc23)CC1. The summed E-state index contributed by atoms with van der Waals surface area (Å²) >= 11 is 1.58. The van der Waals surface area contributed by atoms with Crippen molar-refractivity contribution in [1.82, 2.24) is 29.0 Å². The second-order valence-corrected chi connectivity index (χ2v) is 15.0. The third kappa shape index (κ3) is 6.51. The number of ether oxygens (including phenoxy) is 1. The highest BCUT2D eigenvalue weighted by molar-refractivity contribution is 7.89. The lowest BCUT2D eigenvalue weighted by molar-refractivity contribution is 0.0664. The molecule has 43 heavy (non-hydrogen) atoms. The van der Waals surface area contributed by atoms with Gasteiger partial charge in [0.2, 0.25) is 10.0 Å². The molecule has 3 aromatic rings. The maximum absolute atomic E-state index is 13.1. The minimum absolute atomic E-state index is 0.0723. The van der Waals surface area contributed by atoms with Gasteiger partial charge >= 0.3 is 6.01 Å². The van der Waals surface area contributed by atoms with Gasteiger partial charge in [-0.05, 0) is 64.2 Å². The van der Waals surface area contributed by atoms with Crippen molar-refractivity contribution >= 4 is 43.3 Å². The number of hydrogen-bond donors (Lipinski definition) is 0. The standard InChI is InChI=1S/C30H41N7O4S2/c1-4-43(39,40)37-18-16-35(17-19-37)27-25-20-26(42-28(25)32-30(31-27)41-21-24-6-5-11-34(24)3)22-7-9-23(10-8-22)29(38)36-14-12-33(2)13-15-36/h7-10,20,24H,4-6,11-19,21H2,1-3H3/t24-/m1/s1. The van der Waals surface area contributed by atoms with Gasteiger partial charge in [0.1, 0.15) is 17.3 Å². The number of benzene rings is 1. The number of fused-ring (bicyclic) bond motifs is 1. The number of carbonyl (C=O) groups excluding carboxylic acids is 1. The Balaban J connectivity index is 1.26. The maximum Gasteiger partial charge on any atom is 0.319 e. The molecule has 6 rings (SSSR count). The number of nitrogens with zero attached hydrogens (tertiary/aromatic N) is 7. The van der Waals surface area contributed by atoms with E-state index in [0.29, 0.717) is 50.4 Å². The van der Waals surface area contributed by atoms with Gasteiger partial charge in [-0.15, -0.1) is 11.3 Å². The first-order chi connectivity index (χ1) is 20.7. The number of sulfonamides is 1.